The van der Waals surface area contributed by atoms with Crippen LogP contribution in [0.1, 0.15) is 23.5 Å². The van der Waals surface area contributed by atoms with Crippen molar-refractivity contribution in [3.63, 3.8) is 0 Å². The van der Waals surface area contributed by atoms with Gasteiger partial charge in [0.25, 0.3) is 5.89 Å². The van der Waals surface area contributed by atoms with E-state index in [4.69, 9.17) is 4.42 Å². The van der Waals surface area contributed by atoms with Gasteiger partial charge in [-0.05, 0) is 12.8 Å². The summed E-state index contributed by atoms with van der Waals surface area (Å²) in [6.07, 6.45) is 5.17. The molecular formula is C10H13N3O2. The fraction of sp³-hybridized carbons (Fsp3) is 0.600. The molecule has 0 radical (unpaired) electrons. The highest BCUT2D eigenvalue weighted by Gasteiger charge is 2.41. The number of piperidine rings is 1. The topological polar surface area (TPSA) is 58.4 Å². The molecule has 2 fully saturated rings. The van der Waals surface area contributed by atoms with Crippen LogP contribution >= 0.6 is 0 Å². The molecule has 0 aromatic carbocycles. The average molecular weight is 207 g/mol. The average Bonchev–Trinajstić information content (AvgIpc) is 2.71. The van der Waals surface area contributed by atoms with Crippen molar-refractivity contribution in [1.82, 2.24) is 15.2 Å². The van der Waals surface area contributed by atoms with Crippen molar-refractivity contribution in [3.8, 4) is 0 Å². The summed E-state index contributed by atoms with van der Waals surface area (Å²) in [5.41, 5.74) is 0. The largest absolute Gasteiger partial charge is 0.441 e. The molecule has 2 aliphatic heterocycles. The minimum absolute atomic E-state index is 0.0730. The van der Waals surface area contributed by atoms with Gasteiger partial charge in [0.1, 0.15) is 6.26 Å². The van der Waals surface area contributed by atoms with Gasteiger partial charge in [0.05, 0.1) is 12.2 Å². The molecule has 5 nitrogen and oxygen atoms in total. The summed E-state index contributed by atoms with van der Waals surface area (Å²) >= 11 is 0. The number of hydrogen-bond acceptors (Lipinski definition) is 4. The molecule has 3 heterocycles. The van der Waals surface area contributed by atoms with E-state index >= 15 is 0 Å². The van der Waals surface area contributed by atoms with Crippen molar-refractivity contribution in [3.05, 3.63) is 18.4 Å². The molecule has 0 bridgehead atoms. The lowest BCUT2D eigenvalue weighted by atomic mass is 9.89. The Kier molecular flexibility index (Phi) is 1.98. The van der Waals surface area contributed by atoms with Crippen LogP contribution in [0, 0.1) is 0 Å². The van der Waals surface area contributed by atoms with Crippen molar-refractivity contribution in [2.75, 3.05) is 13.1 Å². The van der Waals surface area contributed by atoms with E-state index in [-0.39, 0.29) is 11.8 Å². The summed E-state index contributed by atoms with van der Waals surface area (Å²) in [6.45, 7) is 1.72. The Bertz CT molecular complexity index is 363. The molecule has 80 valence electrons. The van der Waals surface area contributed by atoms with E-state index in [0.717, 1.165) is 19.5 Å². The van der Waals surface area contributed by atoms with Crippen LogP contribution in [0.2, 0.25) is 0 Å². The van der Waals surface area contributed by atoms with E-state index < -0.39 is 0 Å². The quantitative estimate of drug-likeness (QED) is 0.717. The lowest BCUT2D eigenvalue weighted by Gasteiger charge is -2.48. The Balaban J connectivity index is 1.78. The third-order valence-electron chi connectivity index (χ3n) is 3.24. The molecule has 2 saturated heterocycles. The van der Waals surface area contributed by atoms with E-state index in [2.05, 4.69) is 10.3 Å². The highest BCUT2D eigenvalue weighted by Crippen LogP contribution is 2.24. The van der Waals surface area contributed by atoms with Crippen LogP contribution in [0.15, 0.2) is 16.9 Å². The number of nitrogens with zero attached hydrogens (tertiary/aromatic N) is 2. The number of hydrogen-bond donors (Lipinski definition) is 1. The van der Waals surface area contributed by atoms with Gasteiger partial charge in [-0.3, -0.25) is 4.79 Å². The number of aromatic nitrogens is 1. The predicted octanol–water partition coefficient (Wildman–Crippen LogP) is 0.251. The van der Waals surface area contributed by atoms with E-state index in [1.165, 1.54) is 18.9 Å². The Hall–Kier alpha value is -1.36. The van der Waals surface area contributed by atoms with Crippen molar-refractivity contribution < 1.29 is 9.21 Å². The SMILES string of the molecule is O=C(c1ncco1)N1CCCC2NCC21. The zero-order valence-corrected chi connectivity index (χ0v) is 8.35. The van der Waals surface area contributed by atoms with Gasteiger partial charge in [0, 0.05) is 19.1 Å². The third kappa shape index (κ3) is 1.34. The number of carbonyl (C=O) groups excluding carboxylic acids is 1. The molecule has 1 aromatic rings. The van der Waals surface area contributed by atoms with Gasteiger partial charge in [-0.2, -0.15) is 0 Å². The molecule has 2 aliphatic rings. The van der Waals surface area contributed by atoms with Crippen molar-refractivity contribution in [2.24, 2.45) is 0 Å². The normalized spacial score (nSPS) is 29.5. The Labute approximate surface area is 87.5 Å². The second kappa shape index (κ2) is 3.34. The van der Waals surface area contributed by atoms with Gasteiger partial charge >= 0.3 is 5.91 Å². The predicted molar refractivity (Wildman–Crippen MR) is 52.4 cm³/mol. The maximum atomic E-state index is 12.0. The molecule has 2 atom stereocenters. The Morgan fingerprint density at radius 1 is 1.67 bits per heavy atom. The first kappa shape index (κ1) is 8.91. The second-order valence-electron chi connectivity index (χ2n) is 4.06. The molecular weight excluding hydrogens is 194 g/mol. The van der Waals surface area contributed by atoms with E-state index in [1.807, 2.05) is 4.90 Å². The van der Waals surface area contributed by atoms with Gasteiger partial charge in [0.2, 0.25) is 0 Å². The molecule has 0 saturated carbocycles. The summed E-state index contributed by atoms with van der Waals surface area (Å²) in [7, 11) is 0. The molecule has 1 N–H and O–H groups in total. The summed E-state index contributed by atoms with van der Waals surface area (Å²) < 4.78 is 5.03. The zero-order valence-electron chi connectivity index (χ0n) is 8.35. The summed E-state index contributed by atoms with van der Waals surface area (Å²) in [5.74, 6) is 0.138. The van der Waals surface area contributed by atoms with E-state index in [0.29, 0.717) is 12.1 Å². The highest BCUT2D eigenvalue weighted by atomic mass is 16.4. The number of amides is 1. The van der Waals surface area contributed by atoms with Gasteiger partial charge < -0.3 is 14.6 Å². The fourth-order valence-corrected chi connectivity index (χ4v) is 2.36. The maximum absolute atomic E-state index is 12.0. The molecule has 5 heteroatoms. The van der Waals surface area contributed by atoms with Crippen LogP contribution in [0.25, 0.3) is 0 Å². The van der Waals surface area contributed by atoms with Crippen LogP contribution in [0.4, 0.5) is 0 Å². The van der Waals surface area contributed by atoms with Crippen molar-refractivity contribution >= 4 is 5.91 Å². The van der Waals surface area contributed by atoms with Crippen molar-refractivity contribution in [1.29, 1.82) is 0 Å². The first-order valence-corrected chi connectivity index (χ1v) is 5.30. The summed E-state index contributed by atoms with van der Waals surface area (Å²) in [4.78, 5) is 17.8. The molecule has 1 amide bonds. The number of fused-ring (bicyclic) bond motifs is 1. The van der Waals surface area contributed by atoms with Crippen molar-refractivity contribution in [2.45, 2.75) is 24.9 Å². The first-order valence-electron chi connectivity index (χ1n) is 5.30. The van der Waals surface area contributed by atoms with E-state index in [9.17, 15) is 4.79 Å². The zero-order chi connectivity index (χ0) is 10.3. The Morgan fingerprint density at radius 3 is 3.27 bits per heavy atom. The lowest BCUT2D eigenvalue weighted by Crippen LogP contribution is -2.68. The second-order valence-corrected chi connectivity index (χ2v) is 4.06. The maximum Gasteiger partial charge on any atom is 0.310 e. The summed E-state index contributed by atoms with van der Waals surface area (Å²) in [5, 5.41) is 3.33. The monoisotopic (exact) mass is 207 g/mol. The third-order valence-corrected chi connectivity index (χ3v) is 3.24. The van der Waals surface area contributed by atoms with Crippen LogP contribution < -0.4 is 5.32 Å². The van der Waals surface area contributed by atoms with Crippen LogP contribution in [0.5, 0.6) is 0 Å². The van der Waals surface area contributed by atoms with Gasteiger partial charge in [-0.25, -0.2) is 4.98 Å². The van der Waals surface area contributed by atoms with Gasteiger partial charge in [0.15, 0.2) is 0 Å². The number of nitrogens with one attached hydrogen (secondary N) is 1. The molecule has 1 aromatic heterocycles. The number of carbonyl (C=O) groups is 1. The first-order chi connectivity index (χ1) is 7.36. The van der Waals surface area contributed by atoms with E-state index in [1.54, 1.807) is 0 Å². The Morgan fingerprint density at radius 2 is 2.60 bits per heavy atom. The number of oxazole rings is 1. The minimum atomic E-state index is -0.0730. The number of rotatable bonds is 1. The van der Waals surface area contributed by atoms with Crippen LogP contribution in [-0.4, -0.2) is 41.0 Å². The molecule has 0 spiro atoms. The number of likely N-dealkylation sites (tertiary alicyclic amines) is 1. The molecule has 2 unspecified atom stereocenters. The van der Waals surface area contributed by atoms with Crippen LogP contribution in [-0.2, 0) is 0 Å². The fourth-order valence-electron chi connectivity index (χ4n) is 2.36. The van der Waals surface area contributed by atoms with Gasteiger partial charge in [-0.1, -0.05) is 0 Å². The smallest absolute Gasteiger partial charge is 0.310 e. The lowest BCUT2D eigenvalue weighted by molar-refractivity contribution is 0.0331. The van der Waals surface area contributed by atoms with Gasteiger partial charge in [-0.15, -0.1) is 0 Å². The molecule has 15 heavy (non-hydrogen) atoms. The summed E-state index contributed by atoms with van der Waals surface area (Å²) in [6, 6.07) is 0.829. The molecule has 3 rings (SSSR count). The van der Waals surface area contributed by atoms with Crippen LogP contribution in [0.3, 0.4) is 0 Å². The highest BCUT2D eigenvalue weighted by molar-refractivity contribution is 5.90. The molecule has 0 aliphatic carbocycles. The standard InChI is InChI=1S/C10H13N3O2/c14-10(9-11-3-5-15-9)13-4-1-2-7-8(13)6-12-7/h3,5,7-8,12H,1-2,4,6H2. The minimum Gasteiger partial charge on any atom is -0.441 e.